The highest BCUT2D eigenvalue weighted by Gasteiger charge is 2.30. The van der Waals surface area contributed by atoms with Crippen molar-refractivity contribution in [1.82, 2.24) is 9.78 Å². The fourth-order valence-electron chi connectivity index (χ4n) is 4.70. The van der Waals surface area contributed by atoms with E-state index < -0.39 is 5.56 Å². The zero-order valence-electron chi connectivity index (χ0n) is 23.4. The number of aromatic nitrogens is 2. The molecule has 0 saturated heterocycles. The van der Waals surface area contributed by atoms with Gasteiger partial charge in [-0.05, 0) is 50.6 Å². The maximum atomic E-state index is 13.6. The largest absolute Gasteiger partial charge is 0.507 e. The van der Waals surface area contributed by atoms with Gasteiger partial charge in [0.15, 0.2) is 11.5 Å². The molecule has 39 heavy (non-hydrogen) atoms. The highest BCUT2D eigenvalue weighted by atomic mass is 16.5. The third kappa shape index (κ3) is 4.56. The van der Waals surface area contributed by atoms with Gasteiger partial charge in [0.1, 0.15) is 28.9 Å². The molecule has 3 heterocycles. The Balaban J connectivity index is 0.00000172. The number of methoxy groups -OCH3 is 2. The second-order valence-corrected chi connectivity index (χ2v) is 8.88. The number of ether oxygens (including phenoxy) is 3. The van der Waals surface area contributed by atoms with E-state index in [4.69, 9.17) is 23.7 Å². The third-order valence-electron chi connectivity index (χ3n) is 6.60. The number of phenolic OH excluding ortho intramolecular Hbond substituents is 1. The number of allylic oxidation sites excluding steroid dienone is 4. The average molecular weight is 531 g/mol. The van der Waals surface area contributed by atoms with Crippen molar-refractivity contribution in [3.63, 3.8) is 0 Å². The van der Waals surface area contributed by atoms with E-state index in [0.29, 0.717) is 62.5 Å². The Morgan fingerprint density at radius 3 is 2.49 bits per heavy atom. The van der Waals surface area contributed by atoms with E-state index in [1.165, 1.54) is 18.9 Å². The molecular weight excluding hydrogens is 496 g/mol. The molecule has 8 nitrogen and oxygen atoms in total. The average Bonchev–Trinajstić information content (AvgIpc) is 3.56. The summed E-state index contributed by atoms with van der Waals surface area (Å²) >= 11 is 0. The summed E-state index contributed by atoms with van der Waals surface area (Å²) in [5.74, 6) is 1.59. The molecular formula is C31H34N2O6. The first-order valence-corrected chi connectivity index (χ1v) is 12.9. The molecule has 1 N–H and O–H groups in total. The van der Waals surface area contributed by atoms with Crippen molar-refractivity contribution >= 4 is 27.6 Å². The number of rotatable bonds is 6. The molecule has 1 aliphatic heterocycles. The smallest absolute Gasteiger partial charge is 0.315 e. The number of hydrogen-bond acceptors (Lipinski definition) is 7. The van der Waals surface area contributed by atoms with E-state index in [1.54, 1.807) is 30.4 Å². The van der Waals surface area contributed by atoms with Gasteiger partial charge in [0.05, 0.1) is 25.3 Å². The molecule has 2 aromatic carbocycles. The van der Waals surface area contributed by atoms with Crippen molar-refractivity contribution in [3.05, 3.63) is 70.6 Å². The molecule has 8 heteroatoms. The topological polar surface area (TPSA) is 96.0 Å². The zero-order valence-corrected chi connectivity index (χ0v) is 23.4. The standard InChI is InChI=1S/C29H28N2O6.C2H6/c1-7-9-16(8-2)31-29(33)28-25(18-12-23(34-5)24(35-6)14-22(18)37-28)26(30-31)17-10-11-20-19(27(17)32)13-21(36-20)15(3)4;1-2/h7-12,14,21,32H,3,13H2,1-2,4-6H3;1-2H3/b9-7-,16-8+;. The predicted octanol–water partition coefficient (Wildman–Crippen LogP) is 6.88. The lowest BCUT2D eigenvalue weighted by Crippen LogP contribution is -2.22. The van der Waals surface area contributed by atoms with Gasteiger partial charge in [-0.2, -0.15) is 9.78 Å². The van der Waals surface area contributed by atoms with Crippen molar-refractivity contribution < 1.29 is 23.7 Å². The summed E-state index contributed by atoms with van der Waals surface area (Å²) in [6.07, 6.45) is 5.67. The van der Waals surface area contributed by atoms with Crippen LogP contribution in [0.3, 0.4) is 0 Å². The van der Waals surface area contributed by atoms with Gasteiger partial charge in [-0.3, -0.25) is 4.79 Å². The number of furan rings is 1. The van der Waals surface area contributed by atoms with E-state index in [1.807, 2.05) is 46.8 Å². The Morgan fingerprint density at radius 1 is 1.18 bits per heavy atom. The molecule has 2 aromatic heterocycles. The molecule has 0 fully saturated rings. The minimum Gasteiger partial charge on any atom is -0.507 e. The summed E-state index contributed by atoms with van der Waals surface area (Å²) < 4.78 is 24.3. The molecule has 0 radical (unpaired) electrons. The molecule has 4 aromatic rings. The summed E-state index contributed by atoms with van der Waals surface area (Å²) in [6, 6.07) is 6.99. The van der Waals surface area contributed by atoms with Gasteiger partial charge in [0.2, 0.25) is 5.58 Å². The number of nitrogens with zero attached hydrogens (tertiary/aromatic N) is 2. The lowest BCUT2D eigenvalue weighted by molar-refractivity contribution is 0.271. The van der Waals surface area contributed by atoms with Crippen molar-refractivity contribution in [2.24, 2.45) is 0 Å². The van der Waals surface area contributed by atoms with Crippen LogP contribution in [0.15, 0.2) is 63.9 Å². The fraction of sp³-hybridized carbons (Fsp3) is 0.290. The second kappa shape index (κ2) is 11.1. The first-order chi connectivity index (χ1) is 18.8. The molecule has 0 spiro atoms. The van der Waals surface area contributed by atoms with Crippen molar-refractivity contribution in [2.45, 2.75) is 47.1 Å². The lowest BCUT2D eigenvalue weighted by Gasteiger charge is -2.12. The monoisotopic (exact) mass is 530 g/mol. The zero-order chi connectivity index (χ0) is 28.4. The summed E-state index contributed by atoms with van der Waals surface area (Å²) in [4.78, 5) is 13.6. The van der Waals surface area contributed by atoms with Crippen molar-refractivity contribution in [1.29, 1.82) is 0 Å². The number of hydrogen-bond donors (Lipinski definition) is 1. The molecule has 1 aliphatic rings. The number of benzene rings is 2. The van der Waals surface area contributed by atoms with Gasteiger partial charge in [0, 0.05) is 29.0 Å². The van der Waals surface area contributed by atoms with Crippen LogP contribution in [0.5, 0.6) is 23.0 Å². The van der Waals surface area contributed by atoms with Gasteiger partial charge in [0.25, 0.3) is 0 Å². The Labute approximate surface area is 227 Å². The van der Waals surface area contributed by atoms with Crippen LogP contribution in [0, 0.1) is 0 Å². The second-order valence-electron chi connectivity index (χ2n) is 8.88. The molecule has 204 valence electrons. The van der Waals surface area contributed by atoms with E-state index in [0.717, 1.165) is 5.57 Å². The van der Waals surface area contributed by atoms with Crippen LogP contribution in [0.1, 0.15) is 40.2 Å². The van der Waals surface area contributed by atoms with E-state index >= 15 is 0 Å². The quantitative estimate of drug-likeness (QED) is 0.214. The molecule has 1 atom stereocenters. The Bertz CT molecular complexity index is 1690. The van der Waals surface area contributed by atoms with E-state index in [2.05, 4.69) is 6.58 Å². The Hall–Kier alpha value is -4.46. The van der Waals surface area contributed by atoms with Gasteiger partial charge < -0.3 is 23.7 Å². The highest BCUT2D eigenvalue weighted by Crippen LogP contribution is 2.46. The van der Waals surface area contributed by atoms with Crippen LogP contribution < -0.4 is 19.8 Å². The third-order valence-corrected chi connectivity index (χ3v) is 6.60. The summed E-state index contributed by atoms with van der Waals surface area (Å²) in [7, 11) is 3.07. The molecule has 5 rings (SSSR count). The number of fused-ring (bicyclic) bond motifs is 4. The van der Waals surface area contributed by atoms with Crippen LogP contribution in [-0.2, 0) is 6.42 Å². The van der Waals surface area contributed by atoms with Gasteiger partial charge in [-0.15, -0.1) is 0 Å². The van der Waals surface area contributed by atoms with Gasteiger partial charge in [-0.1, -0.05) is 32.6 Å². The fourth-order valence-corrected chi connectivity index (χ4v) is 4.70. The van der Waals surface area contributed by atoms with Crippen LogP contribution in [0.2, 0.25) is 0 Å². The maximum Gasteiger partial charge on any atom is 0.315 e. The van der Waals surface area contributed by atoms with E-state index in [9.17, 15) is 9.90 Å². The summed E-state index contributed by atoms with van der Waals surface area (Å²) in [5.41, 5.74) is 3.07. The van der Waals surface area contributed by atoms with Crippen LogP contribution in [-0.4, -0.2) is 35.2 Å². The molecule has 1 unspecified atom stereocenters. The van der Waals surface area contributed by atoms with Gasteiger partial charge >= 0.3 is 5.56 Å². The highest BCUT2D eigenvalue weighted by molar-refractivity contribution is 6.12. The Kier molecular flexibility index (Phi) is 7.85. The maximum absolute atomic E-state index is 13.6. The first-order valence-electron chi connectivity index (χ1n) is 12.9. The van der Waals surface area contributed by atoms with Gasteiger partial charge in [-0.25, -0.2) is 0 Å². The van der Waals surface area contributed by atoms with Crippen LogP contribution in [0.4, 0.5) is 0 Å². The summed E-state index contributed by atoms with van der Waals surface area (Å²) in [6.45, 7) is 13.6. The lowest BCUT2D eigenvalue weighted by atomic mass is 9.98. The molecule has 0 bridgehead atoms. The first kappa shape index (κ1) is 27.6. The minimum absolute atomic E-state index is 0.0446. The van der Waals surface area contributed by atoms with E-state index in [-0.39, 0.29) is 17.4 Å². The number of phenols is 1. The predicted molar refractivity (Wildman–Crippen MR) is 155 cm³/mol. The number of aromatic hydroxyl groups is 1. The van der Waals surface area contributed by atoms with Crippen molar-refractivity contribution in [3.8, 4) is 34.3 Å². The molecule has 0 aliphatic carbocycles. The summed E-state index contributed by atoms with van der Waals surface area (Å²) in [5, 5.41) is 17.3. The Morgan fingerprint density at radius 2 is 1.87 bits per heavy atom. The van der Waals surface area contributed by atoms with Crippen LogP contribution >= 0.6 is 0 Å². The van der Waals surface area contributed by atoms with Crippen LogP contribution in [0.25, 0.3) is 38.9 Å². The van der Waals surface area contributed by atoms with Crippen molar-refractivity contribution in [2.75, 3.05) is 14.2 Å². The molecule has 0 amide bonds. The molecule has 0 saturated carbocycles. The SMILES string of the molecule is C=C(C)C1Cc2c(ccc(-c3nn(C(/C=C\C)=C/C)c(=O)c4oc5cc(OC)c(OC)cc5c34)c2O)O1.CC. The minimum atomic E-state index is -0.426. The normalized spacial score (nSPS) is 14.7.